The van der Waals surface area contributed by atoms with Crippen LogP contribution >= 0.6 is 7.14 Å². The fourth-order valence-electron chi connectivity index (χ4n) is 0.539. The van der Waals surface area contributed by atoms with Crippen molar-refractivity contribution in [2.45, 2.75) is 19.5 Å². The Morgan fingerprint density at radius 3 is 1.55 bits per heavy atom. The fraction of sp³-hybridized carbons (Fsp3) is 0.833. The normalized spacial score (nSPS) is 13.0. The van der Waals surface area contributed by atoms with Crippen LogP contribution in [0.4, 0.5) is 8.78 Å². The first kappa shape index (κ1) is 14.7. The Morgan fingerprint density at radius 2 is 1.55 bits per heavy atom. The van der Waals surface area contributed by atoms with Crippen molar-refractivity contribution in [1.29, 1.82) is 0 Å². The monoisotopic (exact) mass is 258 g/mol. The molecule has 1 radical (unpaired) electrons. The van der Waals surface area contributed by atoms with Crippen LogP contribution in [0.25, 0.3) is 0 Å². The summed E-state index contributed by atoms with van der Waals surface area (Å²) >= 11 is 0. The molecule has 0 aromatic carbocycles. The summed E-state index contributed by atoms with van der Waals surface area (Å²) in [4.78, 5) is 0. The summed E-state index contributed by atoms with van der Waals surface area (Å²) in [5.74, 6) is -0.0826. The molecule has 0 spiro atoms. The second-order valence-electron chi connectivity index (χ2n) is 2.89. The minimum atomic E-state index is -3.30. The van der Waals surface area contributed by atoms with E-state index >= 15 is 0 Å². The summed E-state index contributed by atoms with van der Waals surface area (Å²) in [7, 11) is -3.30. The zero-order valence-electron chi connectivity index (χ0n) is 7.19. The third-order valence-electron chi connectivity index (χ3n) is 1.28. The van der Waals surface area contributed by atoms with Gasteiger partial charge in [0.1, 0.15) is 7.14 Å². The molecular weight excluding hydrogens is 246 g/mol. The van der Waals surface area contributed by atoms with Crippen LogP contribution in [0.2, 0.25) is 0 Å². The maximum Gasteiger partial charge on any atom is 0.186 e. The molecule has 65 valence electrons. The van der Waals surface area contributed by atoms with Gasteiger partial charge in [-0.3, -0.25) is 0 Å². The number of hydrogen-bond acceptors (Lipinski definition) is 1. The Morgan fingerprint density at radius 1 is 1.27 bits per heavy atom. The first-order valence-corrected chi connectivity index (χ1v) is 5.53. The van der Waals surface area contributed by atoms with Gasteiger partial charge < -0.3 is 4.57 Å². The van der Waals surface area contributed by atoms with E-state index < -0.39 is 12.8 Å². The standard InChI is InChI=1S/C6H12F2OP.Y/c1-5(2)6(7,8)10(3,4)9;/h1-4H3;/q-1;. The second kappa shape index (κ2) is 4.44. The zero-order valence-corrected chi connectivity index (χ0v) is 10.9. The quantitative estimate of drug-likeness (QED) is 0.549. The molecule has 0 fully saturated rings. The first-order chi connectivity index (χ1) is 4.19. The van der Waals surface area contributed by atoms with Gasteiger partial charge in [-0.1, -0.05) is 0 Å². The minimum Gasteiger partial charge on any atom is -0.321 e. The van der Waals surface area contributed by atoms with E-state index in [0.717, 1.165) is 13.3 Å². The van der Waals surface area contributed by atoms with Crippen molar-refractivity contribution in [3.05, 3.63) is 5.92 Å². The Bertz CT molecular complexity index is 164. The van der Waals surface area contributed by atoms with Crippen molar-refractivity contribution in [2.75, 3.05) is 13.3 Å². The largest absolute Gasteiger partial charge is 0.321 e. The molecule has 0 aromatic rings. The van der Waals surface area contributed by atoms with Crippen LogP contribution in [0.5, 0.6) is 0 Å². The third kappa shape index (κ3) is 3.61. The molecule has 5 heteroatoms. The van der Waals surface area contributed by atoms with E-state index in [1.165, 1.54) is 13.8 Å². The molecule has 1 nitrogen and oxygen atoms in total. The number of halogens is 2. The summed E-state index contributed by atoms with van der Waals surface area (Å²) < 4.78 is 36.4. The van der Waals surface area contributed by atoms with Gasteiger partial charge >= 0.3 is 0 Å². The van der Waals surface area contributed by atoms with Crippen LogP contribution in [-0.2, 0) is 37.3 Å². The summed E-state index contributed by atoms with van der Waals surface area (Å²) in [5, 5.41) is 0. The smallest absolute Gasteiger partial charge is 0.186 e. The van der Waals surface area contributed by atoms with E-state index in [0.29, 0.717) is 0 Å². The van der Waals surface area contributed by atoms with Crippen molar-refractivity contribution >= 4 is 7.14 Å². The van der Waals surface area contributed by atoms with Crippen LogP contribution in [-0.4, -0.2) is 19.0 Å². The van der Waals surface area contributed by atoms with Crippen LogP contribution < -0.4 is 0 Å². The van der Waals surface area contributed by atoms with Crippen molar-refractivity contribution in [1.82, 2.24) is 0 Å². The molecule has 0 N–H and O–H groups in total. The molecule has 0 heterocycles. The van der Waals surface area contributed by atoms with Crippen molar-refractivity contribution in [3.63, 3.8) is 0 Å². The molecule has 0 amide bonds. The molecule has 0 saturated carbocycles. The van der Waals surface area contributed by atoms with E-state index in [9.17, 15) is 13.3 Å². The Balaban J connectivity index is 0. The molecule has 0 aliphatic rings. The summed E-state index contributed by atoms with van der Waals surface area (Å²) in [5.41, 5.74) is -3.09. The van der Waals surface area contributed by atoms with E-state index in [2.05, 4.69) is 0 Å². The Labute approximate surface area is 91.6 Å². The van der Waals surface area contributed by atoms with Crippen LogP contribution in [0.15, 0.2) is 0 Å². The minimum absolute atomic E-state index is 0. The van der Waals surface area contributed by atoms with Crippen LogP contribution in [0, 0.1) is 5.92 Å². The molecule has 0 bridgehead atoms. The number of alkyl halides is 2. The molecule has 0 aliphatic carbocycles. The Kier molecular flexibility index (Phi) is 5.93. The second-order valence-corrected chi connectivity index (χ2v) is 6.16. The fourth-order valence-corrected chi connectivity index (χ4v) is 1.62. The molecular formula is C6H12F2OPY-. The van der Waals surface area contributed by atoms with Gasteiger partial charge in [-0.25, -0.2) is 14.7 Å². The van der Waals surface area contributed by atoms with Gasteiger partial charge in [0, 0.05) is 32.7 Å². The van der Waals surface area contributed by atoms with Gasteiger partial charge in [0.05, 0.1) is 0 Å². The predicted octanol–water partition coefficient (Wildman–Crippen LogP) is 2.81. The topological polar surface area (TPSA) is 17.1 Å². The van der Waals surface area contributed by atoms with Crippen molar-refractivity contribution < 1.29 is 46.1 Å². The summed E-state index contributed by atoms with van der Waals surface area (Å²) in [6.07, 6.45) is 0. The number of hydrogen-bond donors (Lipinski definition) is 0. The van der Waals surface area contributed by atoms with Gasteiger partial charge in [-0.05, 0) is 13.3 Å². The van der Waals surface area contributed by atoms with Gasteiger partial charge in [0.25, 0.3) is 0 Å². The van der Waals surface area contributed by atoms with Gasteiger partial charge in [0.2, 0.25) is 0 Å². The van der Waals surface area contributed by atoms with Crippen molar-refractivity contribution in [3.8, 4) is 0 Å². The average Bonchev–Trinajstić information content (AvgIpc) is 1.62. The third-order valence-corrected chi connectivity index (χ3v) is 3.08. The SMILES string of the molecule is C[C-](C)C(F)(F)P(C)(C)=O.[Y]. The molecule has 0 aromatic heterocycles. The molecule has 0 aliphatic heterocycles. The first-order valence-electron chi connectivity index (χ1n) is 2.93. The van der Waals surface area contributed by atoms with Gasteiger partial charge in [0.15, 0.2) is 5.66 Å². The van der Waals surface area contributed by atoms with Crippen LogP contribution in [0.1, 0.15) is 13.8 Å². The van der Waals surface area contributed by atoms with Gasteiger partial charge in [-0.2, -0.15) is 13.8 Å². The molecule has 0 rings (SSSR count). The maximum atomic E-state index is 12.8. The number of rotatable bonds is 2. The molecule has 11 heavy (non-hydrogen) atoms. The van der Waals surface area contributed by atoms with E-state index in [4.69, 9.17) is 0 Å². The average molecular weight is 258 g/mol. The van der Waals surface area contributed by atoms with E-state index in [-0.39, 0.29) is 38.6 Å². The predicted molar refractivity (Wildman–Crippen MR) is 39.0 cm³/mol. The van der Waals surface area contributed by atoms with Gasteiger partial charge in [-0.15, -0.1) is 0 Å². The Hall–Kier alpha value is 1.19. The van der Waals surface area contributed by atoms with Crippen LogP contribution in [0.3, 0.4) is 0 Å². The maximum absolute atomic E-state index is 12.8. The van der Waals surface area contributed by atoms with Crippen molar-refractivity contribution in [2.24, 2.45) is 0 Å². The zero-order chi connectivity index (χ0) is 8.58. The van der Waals surface area contributed by atoms with E-state index in [1.54, 1.807) is 0 Å². The molecule has 0 saturated heterocycles. The summed E-state index contributed by atoms with van der Waals surface area (Å²) in [6.45, 7) is 4.78. The molecule has 0 atom stereocenters. The van der Waals surface area contributed by atoms with E-state index in [1.807, 2.05) is 0 Å². The molecule has 0 unspecified atom stereocenters. The summed E-state index contributed by atoms with van der Waals surface area (Å²) in [6, 6.07) is 0.